The normalized spacial score (nSPS) is 23.5. The van der Waals surface area contributed by atoms with Crippen molar-refractivity contribution in [2.24, 2.45) is 0 Å². The first-order valence-corrected chi connectivity index (χ1v) is 12.8. The first-order valence-electron chi connectivity index (χ1n) is 12.8. The summed E-state index contributed by atoms with van der Waals surface area (Å²) in [7, 11) is 1.37. The van der Waals surface area contributed by atoms with Gasteiger partial charge in [-0.15, -0.1) is 0 Å². The maximum absolute atomic E-state index is 13.3. The average Bonchev–Trinajstić information content (AvgIpc) is 3.28. The number of amides is 1. The number of rotatable bonds is 6. The Morgan fingerprint density at radius 3 is 2.45 bits per heavy atom. The number of methoxy groups -OCH3 is 1. The van der Waals surface area contributed by atoms with E-state index in [9.17, 15) is 22.8 Å². The second-order valence-corrected chi connectivity index (χ2v) is 10.0. The Balaban J connectivity index is 1.55. The molecule has 0 saturated carbocycles. The zero-order valence-electron chi connectivity index (χ0n) is 21.3. The third kappa shape index (κ3) is 5.02. The number of halogens is 3. The number of nitrogens with one attached hydrogen (secondary N) is 3. The Hall–Kier alpha value is -3.37. The van der Waals surface area contributed by atoms with Crippen LogP contribution in [0.4, 0.5) is 13.2 Å². The van der Waals surface area contributed by atoms with Gasteiger partial charge in [0, 0.05) is 55.1 Å². The van der Waals surface area contributed by atoms with E-state index in [2.05, 4.69) is 20.5 Å². The van der Waals surface area contributed by atoms with Gasteiger partial charge in [0.15, 0.2) is 0 Å². The molecule has 10 heteroatoms. The number of carbonyl (C=O) groups excluding carboxylic acids is 2. The van der Waals surface area contributed by atoms with Gasteiger partial charge in [-0.25, -0.2) is 0 Å². The number of esters is 1. The summed E-state index contributed by atoms with van der Waals surface area (Å²) in [6, 6.07) is 12.1. The van der Waals surface area contributed by atoms with Crippen molar-refractivity contribution < 1.29 is 27.5 Å². The Bertz CT molecular complexity index is 1320. The molecule has 4 atom stereocenters. The number of hydrogen-bond donors (Lipinski definition) is 3. The molecule has 2 aliphatic heterocycles. The number of para-hydroxylation sites is 1. The number of benzene rings is 2. The van der Waals surface area contributed by atoms with E-state index in [0.29, 0.717) is 37.9 Å². The van der Waals surface area contributed by atoms with Crippen LogP contribution in [0.1, 0.15) is 54.2 Å². The number of ether oxygens (including phenoxy) is 1. The molecule has 1 saturated heterocycles. The first-order chi connectivity index (χ1) is 18.2. The van der Waals surface area contributed by atoms with E-state index in [4.69, 9.17) is 4.74 Å². The van der Waals surface area contributed by atoms with Gasteiger partial charge in [0.2, 0.25) is 5.91 Å². The Labute approximate surface area is 218 Å². The number of H-pyrrole nitrogens is 1. The molecule has 0 spiro atoms. The van der Waals surface area contributed by atoms with Crippen LogP contribution < -0.4 is 10.6 Å². The van der Waals surface area contributed by atoms with Crippen LogP contribution in [0.25, 0.3) is 10.9 Å². The second-order valence-electron chi connectivity index (χ2n) is 10.0. The number of alkyl halides is 3. The molecule has 0 radical (unpaired) electrons. The molecule has 38 heavy (non-hydrogen) atoms. The largest absolute Gasteiger partial charge is 0.468 e. The third-order valence-corrected chi connectivity index (χ3v) is 7.70. The van der Waals surface area contributed by atoms with Crippen molar-refractivity contribution in [3.8, 4) is 0 Å². The lowest BCUT2D eigenvalue weighted by atomic mass is 9.79. The van der Waals surface area contributed by atoms with Crippen molar-refractivity contribution in [1.82, 2.24) is 20.5 Å². The van der Waals surface area contributed by atoms with Gasteiger partial charge >= 0.3 is 12.1 Å². The van der Waals surface area contributed by atoms with E-state index in [1.54, 1.807) is 0 Å². The summed E-state index contributed by atoms with van der Waals surface area (Å²) in [6.07, 6.45) is -2.71. The van der Waals surface area contributed by atoms with E-state index >= 15 is 0 Å². The number of aromatic amines is 1. The van der Waals surface area contributed by atoms with Gasteiger partial charge in [0.05, 0.1) is 18.7 Å². The fourth-order valence-electron chi connectivity index (χ4n) is 6.05. The zero-order valence-corrected chi connectivity index (χ0v) is 21.3. The number of aromatic nitrogens is 1. The number of hydrogen-bond acceptors (Lipinski definition) is 5. The van der Waals surface area contributed by atoms with E-state index in [1.807, 2.05) is 24.3 Å². The minimum Gasteiger partial charge on any atom is -0.468 e. The molecule has 3 heterocycles. The minimum atomic E-state index is -4.43. The average molecular weight is 529 g/mol. The van der Waals surface area contributed by atoms with Crippen LogP contribution in [0.5, 0.6) is 0 Å². The fraction of sp³-hybridized carbons (Fsp3) is 0.429. The maximum Gasteiger partial charge on any atom is 0.416 e. The van der Waals surface area contributed by atoms with Gasteiger partial charge in [0.1, 0.15) is 6.04 Å². The summed E-state index contributed by atoms with van der Waals surface area (Å²) in [5.41, 5.74) is 3.08. The molecular weight excluding hydrogens is 497 g/mol. The topological polar surface area (TPSA) is 86.5 Å². The molecule has 1 fully saturated rings. The summed E-state index contributed by atoms with van der Waals surface area (Å²) in [5, 5.41) is 7.36. The predicted octanol–water partition coefficient (Wildman–Crippen LogP) is 4.26. The van der Waals surface area contributed by atoms with Gasteiger partial charge in [0.25, 0.3) is 0 Å². The second kappa shape index (κ2) is 10.4. The van der Waals surface area contributed by atoms with Crippen LogP contribution in [-0.4, -0.2) is 54.0 Å². The maximum atomic E-state index is 13.3. The number of piperidine rings is 1. The van der Waals surface area contributed by atoms with Crippen molar-refractivity contribution in [3.05, 3.63) is 70.9 Å². The van der Waals surface area contributed by atoms with Crippen molar-refractivity contribution in [2.75, 3.05) is 20.2 Å². The van der Waals surface area contributed by atoms with Gasteiger partial charge < -0.3 is 20.4 Å². The number of nitrogens with zero attached hydrogens (tertiary/aromatic N) is 1. The molecule has 0 bridgehead atoms. The lowest BCUT2D eigenvalue weighted by molar-refractivity contribution is -0.152. The molecule has 0 aliphatic carbocycles. The van der Waals surface area contributed by atoms with Gasteiger partial charge in [-0.1, -0.05) is 30.3 Å². The SMILES string of the molecule is COC(=O)[C@@H]1Cc2c([nH]c3ccccc23)[C@H]2C[C@H](NCCNC(C)=O)C[C@@H](c3ccc(C(F)(F)F)cc3)N21. The van der Waals surface area contributed by atoms with Crippen LogP contribution in [0.3, 0.4) is 0 Å². The Morgan fingerprint density at radius 2 is 1.76 bits per heavy atom. The first kappa shape index (κ1) is 26.2. The van der Waals surface area contributed by atoms with Gasteiger partial charge in [-0.3, -0.25) is 14.5 Å². The molecule has 2 aromatic carbocycles. The minimum absolute atomic E-state index is 0.00737. The molecule has 202 valence electrons. The number of fused-ring (bicyclic) bond motifs is 5. The van der Waals surface area contributed by atoms with E-state index in [0.717, 1.165) is 34.3 Å². The van der Waals surface area contributed by atoms with Crippen LogP contribution in [0.2, 0.25) is 0 Å². The summed E-state index contributed by atoms with van der Waals surface area (Å²) in [6.45, 7) is 2.48. The van der Waals surface area contributed by atoms with Crippen LogP contribution in [0.15, 0.2) is 48.5 Å². The van der Waals surface area contributed by atoms with Crippen LogP contribution in [-0.2, 0) is 26.9 Å². The summed E-state index contributed by atoms with van der Waals surface area (Å²) >= 11 is 0. The Morgan fingerprint density at radius 1 is 1.05 bits per heavy atom. The smallest absolute Gasteiger partial charge is 0.416 e. The van der Waals surface area contributed by atoms with E-state index in [1.165, 1.54) is 26.2 Å². The third-order valence-electron chi connectivity index (χ3n) is 7.70. The van der Waals surface area contributed by atoms with Crippen molar-refractivity contribution >= 4 is 22.8 Å². The highest BCUT2D eigenvalue weighted by molar-refractivity contribution is 5.87. The van der Waals surface area contributed by atoms with Crippen molar-refractivity contribution in [1.29, 1.82) is 0 Å². The predicted molar refractivity (Wildman–Crippen MR) is 136 cm³/mol. The van der Waals surface area contributed by atoms with Crippen LogP contribution >= 0.6 is 0 Å². The molecule has 5 rings (SSSR count). The van der Waals surface area contributed by atoms with Gasteiger partial charge in [-0.05, 0) is 42.2 Å². The highest BCUT2D eigenvalue weighted by Gasteiger charge is 2.48. The highest BCUT2D eigenvalue weighted by atomic mass is 19.4. The molecule has 7 nitrogen and oxygen atoms in total. The van der Waals surface area contributed by atoms with Crippen molar-refractivity contribution in [2.45, 2.75) is 56.5 Å². The molecule has 2 aliphatic rings. The fourth-order valence-corrected chi connectivity index (χ4v) is 6.05. The van der Waals surface area contributed by atoms with E-state index < -0.39 is 17.8 Å². The molecule has 3 N–H and O–H groups in total. The van der Waals surface area contributed by atoms with Crippen molar-refractivity contribution in [3.63, 3.8) is 0 Å². The molecular formula is C28H31F3N4O3. The summed E-state index contributed by atoms with van der Waals surface area (Å²) in [5.74, 6) is -0.472. The summed E-state index contributed by atoms with van der Waals surface area (Å²) in [4.78, 5) is 30.1. The van der Waals surface area contributed by atoms with E-state index in [-0.39, 0.29) is 30.0 Å². The monoisotopic (exact) mass is 528 g/mol. The zero-order chi connectivity index (χ0) is 27.0. The lowest BCUT2D eigenvalue weighted by Crippen LogP contribution is -2.56. The quantitative estimate of drug-likeness (QED) is 0.329. The highest BCUT2D eigenvalue weighted by Crippen LogP contribution is 2.49. The lowest BCUT2D eigenvalue weighted by Gasteiger charge is -2.50. The Kier molecular flexibility index (Phi) is 7.19. The standard InChI is InChI=1S/C28H31F3N4O3/c1-16(36)32-11-12-33-19-13-23(17-7-9-18(10-8-17)28(29,30)31)35-24(14-19)26-21(15-25(35)27(37)38-2)20-5-3-4-6-22(20)34-26/h3-10,19,23-25,33-34H,11-15H2,1-2H3,(H,32,36)/t19-,23+,24-,25+/m1/s1. The number of carbonyl (C=O) groups is 2. The molecule has 1 amide bonds. The molecule has 1 aromatic heterocycles. The van der Waals surface area contributed by atoms with Crippen LogP contribution in [0, 0.1) is 0 Å². The molecule has 3 aromatic rings. The van der Waals surface area contributed by atoms with Gasteiger partial charge in [-0.2, -0.15) is 13.2 Å². The molecule has 0 unspecified atom stereocenters. The summed E-state index contributed by atoms with van der Waals surface area (Å²) < 4.78 is 45.1.